The number of carbonyl (C=O) groups is 1. The highest BCUT2D eigenvalue weighted by atomic mass is 16.7. The number of Topliss-reactive ketones (excluding diaryl/α,β-unsaturated/α-hetero) is 1. The zero-order chi connectivity index (χ0) is 19.5. The predicted octanol–water partition coefficient (Wildman–Crippen LogP) is 2.45. The topological polar surface area (TPSA) is 76.0 Å². The number of ketones is 1. The molecule has 0 aromatic rings. The van der Waals surface area contributed by atoms with Crippen molar-refractivity contribution in [1.29, 1.82) is 0 Å². The van der Waals surface area contributed by atoms with E-state index in [9.17, 15) is 15.0 Å². The molecule has 4 aliphatic carbocycles. The molecule has 5 rings (SSSR count). The highest BCUT2D eigenvalue weighted by Gasteiger charge is 2.78. The van der Waals surface area contributed by atoms with Crippen LogP contribution in [0.3, 0.4) is 0 Å². The van der Waals surface area contributed by atoms with Gasteiger partial charge in [-0.05, 0) is 60.8 Å². The first-order valence-electron chi connectivity index (χ1n) is 10.5. The number of carbonyl (C=O) groups excluding carboxylic acids is 1. The van der Waals surface area contributed by atoms with E-state index in [1.165, 1.54) is 0 Å². The van der Waals surface area contributed by atoms with Crippen LogP contribution in [0.4, 0.5) is 0 Å². The Morgan fingerprint density at radius 2 is 1.81 bits per heavy atom. The van der Waals surface area contributed by atoms with E-state index >= 15 is 0 Å². The molecule has 27 heavy (non-hydrogen) atoms. The molecule has 5 fully saturated rings. The summed E-state index contributed by atoms with van der Waals surface area (Å²) in [5, 5.41) is 21.8. The normalized spacial score (nSPS) is 58.6. The Morgan fingerprint density at radius 1 is 1.11 bits per heavy atom. The Morgan fingerprint density at radius 3 is 2.52 bits per heavy atom. The Labute approximate surface area is 161 Å². The molecule has 150 valence electrons. The lowest BCUT2D eigenvalue weighted by Crippen LogP contribution is -2.72. The fraction of sp³-hybridized carbons (Fsp3) is 0.864. The van der Waals surface area contributed by atoms with Crippen LogP contribution < -0.4 is 0 Å². The molecular formula is C22H32O5. The lowest BCUT2D eigenvalue weighted by atomic mass is 9.39. The summed E-state index contributed by atoms with van der Waals surface area (Å²) >= 11 is 0. The zero-order valence-corrected chi connectivity index (χ0v) is 16.8. The molecule has 0 aromatic carbocycles. The number of aliphatic hydroxyl groups excluding tert-OH is 2. The van der Waals surface area contributed by atoms with Crippen LogP contribution in [0.5, 0.6) is 0 Å². The number of aliphatic hydroxyl groups is 2. The lowest BCUT2D eigenvalue weighted by molar-refractivity contribution is -0.350. The number of hydrogen-bond acceptors (Lipinski definition) is 5. The van der Waals surface area contributed by atoms with Gasteiger partial charge >= 0.3 is 0 Å². The van der Waals surface area contributed by atoms with Crippen molar-refractivity contribution in [3.63, 3.8) is 0 Å². The molecule has 1 spiro atoms. The number of hydrogen-bond donors (Lipinski definition) is 2. The first-order chi connectivity index (χ1) is 12.6. The Hall–Kier alpha value is -0.750. The third kappa shape index (κ3) is 1.88. The van der Waals surface area contributed by atoms with Crippen LogP contribution >= 0.6 is 0 Å². The van der Waals surface area contributed by atoms with Crippen molar-refractivity contribution < 1.29 is 24.5 Å². The van der Waals surface area contributed by atoms with E-state index in [-0.39, 0.29) is 52.7 Å². The van der Waals surface area contributed by atoms with Crippen LogP contribution in [0.2, 0.25) is 0 Å². The van der Waals surface area contributed by atoms with E-state index in [0.717, 1.165) is 19.3 Å². The van der Waals surface area contributed by atoms with Gasteiger partial charge in [0.2, 0.25) is 0 Å². The molecular weight excluding hydrogens is 344 g/mol. The Balaban J connectivity index is 1.71. The summed E-state index contributed by atoms with van der Waals surface area (Å²) in [6.45, 7) is 12.5. The number of ether oxygens (including phenoxy) is 2. The van der Waals surface area contributed by atoms with Crippen molar-refractivity contribution in [3.8, 4) is 0 Å². The minimum atomic E-state index is -0.725. The predicted molar refractivity (Wildman–Crippen MR) is 98.6 cm³/mol. The monoisotopic (exact) mass is 376 g/mol. The molecule has 0 radical (unpaired) electrons. The van der Waals surface area contributed by atoms with Gasteiger partial charge < -0.3 is 19.7 Å². The summed E-state index contributed by atoms with van der Waals surface area (Å²) in [6.07, 6.45) is 0.993. The van der Waals surface area contributed by atoms with Gasteiger partial charge in [-0.1, -0.05) is 27.4 Å². The molecule has 10 atom stereocenters. The van der Waals surface area contributed by atoms with E-state index in [1.807, 2.05) is 6.92 Å². The smallest absolute Gasteiger partial charge is 0.170 e. The average molecular weight is 376 g/mol. The van der Waals surface area contributed by atoms with Crippen LogP contribution in [-0.4, -0.2) is 46.7 Å². The third-order valence-corrected chi connectivity index (χ3v) is 9.33. The quantitative estimate of drug-likeness (QED) is 0.635. The van der Waals surface area contributed by atoms with Gasteiger partial charge in [-0.2, -0.15) is 0 Å². The maximum atomic E-state index is 13.6. The van der Waals surface area contributed by atoms with E-state index < -0.39 is 17.8 Å². The summed E-state index contributed by atoms with van der Waals surface area (Å²) in [7, 11) is 0. The van der Waals surface area contributed by atoms with Gasteiger partial charge in [0.1, 0.15) is 0 Å². The van der Waals surface area contributed by atoms with E-state index in [4.69, 9.17) is 9.47 Å². The van der Waals surface area contributed by atoms with E-state index in [2.05, 4.69) is 27.4 Å². The van der Waals surface area contributed by atoms with Gasteiger partial charge in [0.25, 0.3) is 0 Å². The van der Waals surface area contributed by atoms with Crippen LogP contribution in [0.15, 0.2) is 12.2 Å². The van der Waals surface area contributed by atoms with Gasteiger partial charge in [0.15, 0.2) is 12.1 Å². The minimum Gasteiger partial charge on any atom is -0.393 e. The third-order valence-electron chi connectivity index (χ3n) is 9.33. The highest BCUT2D eigenvalue weighted by Crippen LogP contribution is 2.72. The molecule has 1 heterocycles. The molecule has 0 unspecified atom stereocenters. The molecule has 0 aromatic heterocycles. The van der Waals surface area contributed by atoms with Gasteiger partial charge in [-0.3, -0.25) is 4.79 Å². The van der Waals surface area contributed by atoms with Gasteiger partial charge in [-0.25, -0.2) is 0 Å². The molecule has 1 saturated heterocycles. The Kier molecular flexibility index (Phi) is 3.55. The fourth-order valence-corrected chi connectivity index (χ4v) is 8.09. The fourth-order valence-electron chi connectivity index (χ4n) is 8.09. The molecule has 5 aliphatic rings. The van der Waals surface area contributed by atoms with E-state index in [1.54, 1.807) is 0 Å². The maximum absolute atomic E-state index is 13.6. The van der Waals surface area contributed by atoms with Crippen molar-refractivity contribution in [2.45, 2.75) is 84.1 Å². The summed E-state index contributed by atoms with van der Waals surface area (Å²) < 4.78 is 12.5. The molecule has 2 N–H and O–H groups in total. The molecule has 5 heteroatoms. The van der Waals surface area contributed by atoms with Crippen molar-refractivity contribution in [2.75, 3.05) is 0 Å². The first-order valence-corrected chi connectivity index (χ1v) is 10.5. The van der Waals surface area contributed by atoms with Gasteiger partial charge in [0.05, 0.1) is 29.8 Å². The van der Waals surface area contributed by atoms with Crippen molar-refractivity contribution in [2.24, 2.45) is 34.0 Å². The largest absolute Gasteiger partial charge is 0.393 e. The highest BCUT2D eigenvalue weighted by molar-refractivity contribution is 6.05. The second-order valence-corrected chi connectivity index (χ2v) is 10.6. The summed E-state index contributed by atoms with van der Waals surface area (Å²) in [5.74, 6) is -0.0498. The van der Waals surface area contributed by atoms with Crippen LogP contribution in [0.1, 0.15) is 53.4 Å². The summed E-state index contributed by atoms with van der Waals surface area (Å²) in [4.78, 5) is 13.6. The molecule has 1 aliphatic heterocycles. The van der Waals surface area contributed by atoms with Gasteiger partial charge in [-0.15, -0.1) is 0 Å². The summed E-state index contributed by atoms with van der Waals surface area (Å²) in [5.41, 5.74) is -0.598. The number of rotatable bonds is 0. The van der Waals surface area contributed by atoms with Crippen molar-refractivity contribution in [3.05, 3.63) is 12.2 Å². The first kappa shape index (κ1) is 18.3. The molecule has 4 saturated carbocycles. The van der Waals surface area contributed by atoms with Crippen molar-refractivity contribution in [1.82, 2.24) is 0 Å². The van der Waals surface area contributed by atoms with Crippen molar-refractivity contribution >= 4 is 5.78 Å². The zero-order valence-electron chi connectivity index (χ0n) is 16.8. The van der Waals surface area contributed by atoms with Gasteiger partial charge in [0, 0.05) is 5.92 Å². The lowest BCUT2D eigenvalue weighted by Gasteiger charge is -2.68. The minimum absolute atomic E-state index is 0.0176. The number of fused-ring (bicyclic) bond motifs is 2. The van der Waals surface area contributed by atoms with Crippen LogP contribution in [-0.2, 0) is 14.3 Å². The molecule has 5 nitrogen and oxygen atoms in total. The van der Waals surface area contributed by atoms with Crippen LogP contribution in [0.25, 0.3) is 0 Å². The van der Waals surface area contributed by atoms with E-state index in [0.29, 0.717) is 12.0 Å². The second-order valence-electron chi connectivity index (χ2n) is 10.6. The second kappa shape index (κ2) is 5.24. The molecule has 0 amide bonds. The standard InChI is InChI=1S/C22H32O5/c1-10-17-12(23)8-14-21(5)7-6-15(24)20(3,4)13(21)9-16-22(14,18(10)25)19(17)27-11(2)26-16/h11-17,19,23-24H,1,6-9H2,2-5H3/t11-,12-,13+,14-,15-,16+,17+,19+,21+,22-/m0/s1. The average Bonchev–Trinajstić information content (AvgIpc) is 2.75. The van der Waals surface area contributed by atoms with Crippen LogP contribution in [0, 0.1) is 34.0 Å². The summed E-state index contributed by atoms with van der Waals surface area (Å²) in [6, 6.07) is 0. The molecule has 2 bridgehead atoms. The SMILES string of the molecule is C=C1C(=O)[C@@]23[C@@H]4O[C@@H](C)O[C@@H]2C[C@@H]2C(C)(C)[C@@H](O)CC[C@@]2(C)[C@@H]3C[C@H](O)[C@@H]14. The Bertz CT molecular complexity index is 715. The maximum Gasteiger partial charge on any atom is 0.170 e.